The summed E-state index contributed by atoms with van der Waals surface area (Å²) in [6.45, 7) is 2.46. The molecule has 9 heteroatoms. The number of aryl methyl sites for hydroxylation is 1. The van der Waals surface area contributed by atoms with Crippen molar-refractivity contribution in [3.05, 3.63) is 45.8 Å². The second kappa shape index (κ2) is 8.72. The van der Waals surface area contributed by atoms with Crippen molar-refractivity contribution in [1.29, 1.82) is 0 Å². The van der Waals surface area contributed by atoms with Crippen LogP contribution in [0.2, 0.25) is 0 Å². The molecule has 1 aliphatic carbocycles. The minimum absolute atomic E-state index is 0.0226. The van der Waals surface area contributed by atoms with Gasteiger partial charge in [-0.1, -0.05) is 6.42 Å². The molecule has 1 unspecified atom stereocenters. The highest BCUT2D eigenvalue weighted by atomic mass is 32.2. The minimum atomic E-state index is -3.58. The van der Waals surface area contributed by atoms with E-state index < -0.39 is 10.0 Å². The van der Waals surface area contributed by atoms with Crippen LogP contribution in [0.5, 0.6) is 0 Å². The van der Waals surface area contributed by atoms with E-state index in [0.717, 1.165) is 49.0 Å². The quantitative estimate of drug-likeness (QED) is 0.713. The normalized spacial score (nSPS) is 19.1. The molecule has 0 spiro atoms. The van der Waals surface area contributed by atoms with Crippen molar-refractivity contribution < 1.29 is 18.0 Å². The van der Waals surface area contributed by atoms with Crippen molar-refractivity contribution in [3.8, 4) is 0 Å². The maximum atomic E-state index is 13.0. The van der Waals surface area contributed by atoms with Gasteiger partial charge in [-0.2, -0.15) is 4.31 Å². The van der Waals surface area contributed by atoms with Crippen LogP contribution in [0.1, 0.15) is 63.8 Å². The Morgan fingerprint density at radius 2 is 1.81 bits per heavy atom. The summed E-state index contributed by atoms with van der Waals surface area (Å²) >= 11 is 1.45. The van der Waals surface area contributed by atoms with Gasteiger partial charge in [0, 0.05) is 30.1 Å². The molecule has 0 saturated carbocycles. The molecule has 2 amide bonds. The summed E-state index contributed by atoms with van der Waals surface area (Å²) in [5, 5.41) is 6.06. The monoisotopic (exact) mass is 461 g/mol. The van der Waals surface area contributed by atoms with Crippen molar-refractivity contribution in [1.82, 2.24) is 9.62 Å². The predicted octanol–water partition coefficient (Wildman–Crippen LogP) is 3.41. The molecule has 1 aromatic carbocycles. The molecule has 166 valence electrons. The van der Waals surface area contributed by atoms with E-state index in [1.54, 1.807) is 11.4 Å². The van der Waals surface area contributed by atoms with Gasteiger partial charge < -0.3 is 10.6 Å². The Morgan fingerprint density at radius 1 is 1.06 bits per heavy atom. The third-order valence-electron chi connectivity index (χ3n) is 6.07. The number of sulfonamides is 1. The standard InChI is InChI=1S/C22H27N3O4S2/c1-14-6-3-4-13-25(14)31(28,29)16-11-9-15(10-12-16)20(26)24-22-19(21(27)23-2)17-7-5-8-18(17)30-22/h9-12,14H,3-8,13H2,1-2H3,(H,23,27)(H,24,26). The lowest BCUT2D eigenvalue weighted by molar-refractivity contribution is 0.0963. The average molecular weight is 462 g/mol. The summed E-state index contributed by atoms with van der Waals surface area (Å²) in [6.07, 6.45) is 5.54. The Kier molecular flexibility index (Phi) is 6.18. The van der Waals surface area contributed by atoms with Crippen LogP contribution < -0.4 is 10.6 Å². The first kappa shape index (κ1) is 22.0. The van der Waals surface area contributed by atoms with Gasteiger partial charge in [0.1, 0.15) is 5.00 Å². The molecule has 1 fully saturated rings. The first-order valence-electron chi connectivity index (χ1n) is 10.6. The highest BCUT2D eigenvalue weighted by Gasteiger charge is 2.31. The molecule has 1 saturated heterocycles. The van der Waals surface area contributed by atoms with Gasteiger partial charge in [-0.3, -0.25) is 9.59 Å². The number of thiophene rings is 1. The Hall–Kier alpha value is -2.23. The zero-order chi connectivity index (χ0) is 22.2. The van der Waals surface area contributed by atoms with E-state index in [1.165, 1.54) is 35.6 Å². The molecule has 1 aliphatic heterocycles. The average Bonchev–Trinajstić information content (AvgIpc) is 3.34. The summed E-state index contributed by atoms with van der Waals surface area (Å²) in [6, 6.07) is 6.00. The molecule has 2 N–H and O–H groups in total. The van der Waals surface area contributed by atoms with Crippen molar-refractivity contribution in [2.75, 3.05) is 18.9 Å². The first-order valence-corrected chi connectivity index (χ1v) is 12.9. The van der Waals surface area contributed by atoms with Gasteiger partial charge in [0.25, 0.3) is 11.8 Å². The molecular formula is C22H27N3O4S2. The maximum Gasteiger partial charge on any atom is 0.256 e. The van der Waals surface area contributed by atoms with Crippen LogP contribution in [-0.4, -0.2) is 44.2 Å². The number of nitrogens with one attached hydrogen (secondary N) is 2. The maximum absolute atomic E-state index is 13.0. The van der Waals surface area contributed by atoms with E-state index in [-0.39, 0.29) is 22.8 Å². The van der Waals surface area contributed by atoms with E-state index >= 15 is 0 Å². The van der Waals surface area contributed by atoms with Gasteiger partial charge in [0.2, 0.25) is 10.0 Å². The molecule has 2 aliphatic rings. The molecule has 2 aromatic rings. The summed E-state index contributed by atoms with van der Waals surface area (Å²) in [5.74, 6) is -0.563. The van der Waals surface area contributed by atoms with Crippen LogP contribution in [0.4, 0.5) is 5.00 Å². The lowest BCUT2D eigenvalue weighted by Gasteiger charge is -2.32. The molecule has 2 heterocycles. The van der Waals surface area contributed by atoms with E-state index in [4.69, 9.17) is 0 Å². The lowest BCUT2D eigenvalue weighted by Crippen LogP contribution is -2.41. The van der Waals surface area contributed by atoms with Gasteiger partial charge in [-0.15, -0.1) is 11.3 Å². The van der Waals surface area contributed by atoms with Gasteiger partial charge in [0.05, 0.1) is 10.5 Å². The predicted molar refractivity (Wildman–Crippen MR) is 121 cm³/mol. The zero-order valence-corrected chi connectivity index (χ0v) is 19.4. The van der Waals surface area contributed by atoms with E-state index in [2.05, 4.69) is 10.6 Å². The summed E-state index contributed by atoms with van der Waals surface area (Å²) in [4.78, 5) is 26.5. The lowest BCUT2D eigenvalue weighted by atomic mass is 10.1. The van der Waals surface area contributed by atoms with Gasteiger partial charge in [-0.25, -0.2) is 8.42 Å². The number of rotatable bonds is 5. The molecule has 31 heavy (non-hydrogen) atoms. The third kappa shape index (κ3) is 4.14. The third-order valence-corrected chi connectivity index (χ3v) is 9.30. The van der Waals surface area contributed by atoms with E-state index in [0.29, 0.717) is 22.7 Å². The van der Waals surface area contributed by atoms with Crippen LogP contribution in [0.15, 0.2) is 29.2 Å². The van der Waals surface area contributed by atoms with Crippen LogP contribution in [-0.2, 0) is 22.9 Å². The largest absolute Gasteiger partial charge is 0.355 e. The molecular weight excluding hydrogens is 434 g/mol. The number of benzene rings is 1. The fraction of sp³-hybridized carbons (Fsp3) is 0.455. The van der Waals surface area contributed by atoms with Crippen LogP contribution in [0.3, 0.4) is 0 Å². The summed E-state index contributed by atoms with van der Waals surface area (Å²) < 4.78 is 27.5. The van der Waals surface area contributed by atoms with Crippen molar-refractivity contribution >= 4 is 38.2 Å². The van der Waals surface area contributed by atoms with Gasteiger partial charge in [-0.05, 0) is 68.9 Å². The zero-order valence-electron chi connectivity index (χ0n) is 17.7. The number of amides is 2. The number of carbonyl (C=O) groups excluding carboxylic acids is 2. The van der Waals surface area contributed by atoms with E-state index in [1.807, 2.05) is 6.92 Å². The van der Waals surface area contributed by atoms with Gasteiger partial charge >= 0.3 is 0 Å². The van der Waals surface area contributed by atoms with Crippen LogP contribution in [0.25, 0.3) is 0 Å². The number of piperidine rings is 1. The van der Waals surface area contributed by atoms with Crippen molar-refractivity contribution in [2.45, 2.75) is 56.4 Å². The number of nitrogens with zero attached hydrogens (tertiary/aromatic N) is 1. The molecule has 7 nitrogen and oxygen atoms in total. The van der Waals surface area contributed by atoms with Crippen LogP contribution in [0, 0.1) is 0 Å². The molecule has 0 bridgehead atoms. The Morgan fingerprint density at radius 3 is 2.48 bits per heavy atom. The first-order chi connectivity index (χ1) is 14.8. The Labute approximate surface area is 186 Å². The molecule has 1 aromatic heterocycles. The van der Waals surface area contributed by atoms with Gasteiger partial charge in [0.15, 0.2) is 0 Å². The minimum Gasteiger partial charge on any atom is -0.355 e. The molecule has 0 radical (unpaired) electrons. The summed E-state index contributed by atoms with van der Waals surface area (Å²) in [5.41, 5.74) is 1.92. The van der Waals surface area contributed by atoms with Crippen LogP contribution >= 0.6 is 11.3 Å². The molecule has 4 rings (SSSR count). The number of fused-ring (bicyclic) bond motifs is 1. The fourth-order valence-corrected chi connectivity index (χ4v) is 7.36. The fourth-order valence-electron chi connectivity index (χ4n) is 4.38. The smallest absolute Gasteiger partial charge is 0.256 e. The highest BCUT2D eigenvalue weighted by Crippen LogP contribution is 2.39. The second-order valence-electron chi connectivity index (χ2n) is 8.08. The number of carbonyl (C=O) groups is 2. The topological polar surface area (TPSA) is 95.6 Å². The number of anilines is 1. The Bertz CT molecular complexity index is 1110. The number of hydrogen-bond donors (Lipinski definition) is 2. The highest BCUT2D eigenvalue weighted by molar-refractivity contribution is 7.89. The second-order valence-corrected chi connectivity index (χ2v) is 11.1. The molecule has 1 atom stereocenters. The van der Waals surface area contributed by atoms with E-state index in [9.17, 15) is 18.0 Å². The van der Waals surface area contributed by atoms with Crippen molar-refractivity contribution in [3.63, 3.8) is 0 Å². The SMILES string of the molecule is CNC(=O)c1c(NC(=O)c2ccc(S(=O)(=O)N3CCCCC3C)cc2)sc2c1CCC2. The Balaban J connectivity index is 1.54. The number of hydrogen-bond acceptors (Lipinski definition) is 5. The van der Waals surface area contributed by atoms with Crippen molar-refractivity contribution in [2.24, 2.45) is 0 Å². The summed E-state index contributed by atoms with van der Waals surface area (Å²) in [7, 11) is -2.00.